The zero-order chi connectivity index (χ0) is 15.4. The monoisotopic (exact) mass is 351 g/mol. The van der Waals surface area contributed by atoms with Crippen LogP contribution in [0.3, 0.4) is 0 Å². The highest BCUT2D eigenvalue weighted by Gasteiger charge is 2.20. The number of pyridine rings is 1. The molecule has 0 spiro atoms. The Morgan fingerprint density at radius 2 is 2.19 bits per heavy atom. The third kappa shape index (κ3) is 3.33. The van der Waals surface area contributed by atoms with E-state index >= 15 is 0 Å². The van der Waals surface area contributed by atoms with Crippen molar-refractivity contribution in [1.82, 2.24) is 20.2 Å². The van der Waals surface area contributed by atoms with Crippen molar-refractivity contribution in [3.63, 3.8) is 0 Å². The Morgan fingerprint density at radius 3 is 2.76 bits per heavy atom. The number of nitrogens with zero attached hydrogens (tertiary/aromatic N) is 3. The third-order valence-electron chi connectivity index (χ3n) is 3.67. The maximum absolute atomic E-state index is 5.77. The molecule has 2 rings (SSSR count). The molecule has 0 saturated carbocycles. The second kappa shape index (κ2) is 7.15. The van der Waals surface area contributed by atoms with Crippen LogP contribution in [-0.4, -0.2) is 14.8 Å². The molecule has 0 aliphatic carbocycles. The normalized spacial score (nSPS) is 12.6. The van der Waals surface area contributed by atoms with Gasteiger partial charge < -0.3 is 0 Å². The van der Waals surface area contributed by atoms with Gasteiger partial charge in [0, 0.05) is 19.2 Å². The smallest absolute Gasteiger partial charge is 0.0766 e. The SMILES string of the molecule is CCc1nn(CC)c(CC(NN)c2ncccc2C)c1Br. The summed E-state index contributed by atoms with van der Waals surface area (Å²) >= 11 is 3.68. The summed E-state index contributed by atoms with van der Waals surface area (Å²) in [4.78, 5) is 4.47. The molecule has 0 fully saturated rings. The van der Waals surface area contributed by atoms with E-state index in [1.165, 1.54) is 0 Å². The van der Waals surface area contributed by atoms with Gasteiger partial charge in [-0.05, 0) is 47.8 Å². The van der Waals surface area contributed by atoms with Gasteiger partial charge in [-0.15, -0.1) is 0 Å². The molecule has 114 valence electrons. The maximum atomic E-state index is 5.77. The fraction of sp³-hybridized carbons (Fsp3) is 0.467. The number of nitrogens with one attached hydrogen (secondary N) is 1. The lowest BCUT2D eigenvalue weighted by molar-refractivity contribution is 0.504. The molecule has 1 atom stereocenters. The van der Waals surface area contributed by atoms with Gasteiger partial charge in [0.25, 0.3) is 0 Å². The van der Waals surface area contributed by atoms with Crippen LogP contribution in [-0.2, 0) is 19.4 Å². The molecule has 2 heterocycles. The largest absolute Gasteiger partial charge is 0.271 e. The van der Waals surface area contributed by atoms with Crippen LogP contribution in [0.4, 0.5) is 0 Å². The van der Waals surface area contributed by atoms with Gasteiger partial charge in [-0.2, -0.15) is 5.10 Å². The molecule has 0 bridgehead atoms. The van der Waals surface area contributed by atoms with E-state index in [-0.39, 0.29) is 6.04 Å². The fourth-order valence-corrected chi connectivity index (χ4v) is 3.23. The number of rotatable bonds is 6. The third-order valence-corrected chi connectivity index (χ3v) is 4.59. The minimum atomic E-state index is -0.0331. The highest BCUT2D eigenvalue weighted by atomic mass is 79.9. The first-order valence-corrected chi connectivity index (χ1v) is 8.03. The van der Waals surface area contributed by atoms with Crippen LogP contribution >= 0.6 is 15.9 Å². The fourth-order valence-electron chi connectivity index (χ4n) is 2.50. The second-order valence-corrected chi connectivity index (χ2v) is 5.80. The molecule has 5 nitrogen and oxygen atoms in total. The van der Waals surface area contributed by atoms with E-state index in [0.29, 0.717) is 0 Å². The Labute approximate surface area is 134 Å². The number of aryl methyl sites for hydroxylation is 3. The quantitative estimate of drug-likeness (QED) is 0.620. The number of nitrogens with two attached hydrogens (primary N) is 1. The first-order valence-electron chi connectivity index (χ1n) is 7.24. The number of hydrazine groups is 1. The molecule has 0 saturated heterocycles. The Kier molecular flexibility index (Phi) is 5.50. The summed E-state index contributed by atoms with van der Waals surface area (Å²) in [5.41, 5.74) is 7.24. The van der Waals surface area contributed by atoms with Crippen LogP contribution in [0, 0.1) is 6.92 Å². The van der Waals surface area contributed by atoms with E-state index in [2.05, 4.69) is 58.3 Å². The van der Waals surface area contributed by atoms with Gasteiger partial charge >= 0.3 is 0 Å². The van der Waals surface area contributed by atoms with Gasteiger partial charge in [0.15, 0.2) is 0 Å². The van der Waals surface area contributed by atoms with Gasteiger partial charge in [0.05, 0.1) is 27.6 Å². The number of hydrogen-bond donors (Lipinski definition) is 2. The molecule has 0 aliphatic heterocycles. The van der Waals surface area contributed by atoms with Crippen molar-refractivity contribution in [2.75, 3.05) is 0 Å². The highest BCUT2D eigenvalue weighted by molar-refractivity contribution is 9.10. The van der Waals surface area contributed by atoms with Gasteiger partial charge in [-0.1, -0.05) is 13.0 Å². The molecular formula is C15H22BrN5. The summed E-state index contributed by atoms with van der Waals surface area (Å²) < 4.78 is 3.12. The number of halogens is 1. The summed E-state index contributed by atoms with van der Waals surface area (Å²) in [7, 11) is 0. The summed E-state index contributed by atoms with van der Waals surface area (Å²) in [6, 6.07) is 3.96. The number of aromatic nitrogens is 3. The summed E-state index contributed by atoms with van der Waals surface area (Å²) in [5.74, 6) is 5.77. The highest BCUT2D eigenvalue weighted by Crippen LogP contribution is 2.27. The van der Waals surface area contributed by atoms with Gasteiger partial charge in [0.1, 0.15) is 0 Å². The Bertz CT molecular complexity index is 608. The molecule has 0 amide bonds. The zero-order valence-electron chi connectivity index (χ0n) is 12.7. The van der Waals surface area contributed by atoms with E-state index in [1.807, 2.05) is 10.7 Å². The first kappa shape index (κ1) is 16.1. The van der Waals surface area contributed by atoms with Crippen molar-refractivity contribution < 1.29 is 0 Å². The second-order valence-electron chi connectivity index (χ2n) is 5.01. The lowest BCUT2D eigenvalue weighted by Gasteiger charge is -2.18. The van der Waals surface area contributed by atoms with Crippen molar-refractivity contribution >= 4 is 15.9 Å². The molecule has 3 N–H and O–H groups in total. The van der Waals surface area contributed by atoms with Crippen molar-refractivity contribution in [3.05, 3.63) is 45.4 Å². The first-order chi connectivity index (χ1) is 10.1. The van der Waals surface area contributed by atoms with Crippen LogP contribution < -0.4 is 11.3 Å². The average molecular weight is 352 g/mol. The number of hydrogen-bond acceptors (Lipinski definition) is 4. The van der Waals surface area contributed by atoms with Crippen molar-refractivity contribution in [1.29, 1.82) is 0 Å². The van der Waals surface area contributed by atoms with Crippen LogP contribution in [0.1, 0.15) is 42.5 Å². The molecule has 6 heteroatoms. The van der Waals surface area contributed by atoms with E-state index in [4.69, 9.17) is 5.84 Å². The zero-order valence-corrected chi connectivity index (χ0v) is 14.3. The predicted octanol–water partition coefficient (Wildman–Crippen LogP) is 2.68. The molecule has 2 aromatic heterocycles. The Morgan fingerprint density at radius 1 is 1.43 bits per heavy atom. The Hall–Kier alpha value is -1.24. The minimum absolute atomic E-state index is 0.0331. The van der Waals surface area contributed by atoms with E-state index in [9.17, 15) is 0 Å². The van der Waals surface area contributed by atoms with Gasteiger partial charge in [-0.25, -0.2) is 0 Å². The molecule has 21 heavy (non-hydrogen) atoms. The summed E-state index contributed by atoms with van der Waals surface area (Å²) in [6.45, 7) is 7.10. The van der Waals surface area contributed by atoms with Crippen molar-refractivity contribution in [2.24, 2.45) is 5.84 Å². The van der Waals surface area contributed by atoms with Crippen LogP contribution in [0.15, 0.2) is 22.8 Å². The maximum Gasteiger partial charge on any atom is 0.0766 e. The van der Waals surface area contributed by atoms with Crippen molar-refractivity contribution in [3.8, 4) is 0 Å². The molecule has 0 aliphatic rings. The van der Waals surface area contributed by atoms with Crippen LogP contribution in [0.25, 0.3) is 0 Å². The van der Waals surface area contributed by atoms with E-state index in [1.54, 1.807) is 6.20 Å². The average Bonchev–Trinajstić information content (AvgIpc) is 2.81. The summed E-state index contributed by atoms with van der Waals surface area (Å²) in [5, 5.41) is 4.63. The summed E-state index contributed by atoms with van der Waals surface area (Å²) in [6.07, 6.45) is 3.45. The topological polar surface area (TPSA) is 68.8 Å². The molecule has 0 radical (unpaired) electrons. The molecule has 1 unspecified atom stereocenters. The van der Waals surface area contributed by atoms with Gasteiger partial charge in [-0.3, -0.25) is 20.9 Å². The predicted molar refractivity (Wildman–Crippen MR) is 87.7 cm³/mol. The van der Waals surface area contributed by atoms with E-state index < -0.39 is 0 Å². The molecule has 0 aromatic carbocycles. The molecular weight excluding hydrogens is 330 g/mol. The lowest BCUT2D eigenvalue weighted by atomic mass is 10.0. The minimum Gasteiger partial charge on any atom is -0.271 e. The van der Waals surface area contributed by atoms with Crippen LogP contribution in [0.2, 0.25) is 0 Å². The Balaban J connectivity index is 2.35. The van der Waals surface area contributed by atoms with Crippen molar-refractivity contribution in [2.45, 2.75) is 46.2 Å². The van der Waals surface area contributed by atoms with E-state index in [0.717, 1.165) is 46.5 Å². The lowest BCUT2D eigenvalue weighted by Crippen LogP contribution is -2.31. The standard InChI is InChI=1S/C15H22BrN5/c1-4-11-14(16)13(21(5-2)20-11)9-12(19-17)15-10(3)7-6-8-18-15/h6-8,12,19H,4-5,9,17H2,1-3H3. The molecule has 2 aromatic rings. The van der Waals surface area contributed by atoms with Crippen LogP contribution in [0.5, 0.6) is 0 Å². The van der Waals surface area contributed by atoms with Gasteiger partial charge in [0.2, 0.25) is 0 Å².